The summed E-state index contributed by atoms with van der Waals surface area (Å²) in [6, 6.07) is 6.42. The maximum atomic E-state index is 12.0. The standard InChI is InChI=1S/C15H16BrN3O5/c1-9-17-14(24-19-9)8-23-7-13(20)18-12(6-15(21)22)10-2-4-11(16)5-3-10/h2-5,12H,6-8H2,1H3,(H,18,20)(H,21,22). The first-order valence-electron chi connectivity index (χ1n) is 7.07. The molecule has 0 saturated heterocycles. The largest absolute Gasteiger partial charge is 0.481 e. The molecule has 0 aliphatic carbocycles. The number of aromatic nitrogens is 2. The van der Waals surface area contributed by atoms with Crippen LogP contribution in [0.3, 0.4) is 0 Å². The lowest BCUT2D eigenvalue weighted by Crippen LogP contribution is -2.33. The molecule has 2 aromatic rings. The molecule has 8 nitrogen and oxygen atoms in total. The van der Waals surface area contributed by atoms with Crippen LogP contribution in [0.1, 0.15) is 29.7 Å². The number of benzene rings is 1. The summed E-state index contributed by atoms with van der Waals surface area (Å²) in [6.07, 6.45) is -0.226. The Labute approximate surface area is 146 Å². The number of carboxylic acids is 1. The van der Waals surface area contributed by atoms with E-state index in [9.17, 15) is 9.59 Å². The molecular formula is C15H16BrN3O5. The van der Waals surface area contributed by atoms with E-state index in [1.54, 1.807) is 31.2 Å². The van der Waals surface area contributed by atoms with Crippen LogP contribution in [0.4, 0.5) is 0 Å². The van der Waals surface area contributed by atoms with Crippen molar-refractivity contribution in [3.8, 4) is 0 Å². The number of ether oxygens (including phenoxy) is 1. The number of amides is 1. The van der Waals surface area contributed by atoms with Gasteiger partial charge in [0.05, 0.1) is 12.5 Å². The SMILES string of the molecule is Cc1noc(COCC(=O)NC(CC(=O)O)c2ccc(Br)cc2)n1. The van der Waals surface area contributed by atoms with Gasteiger partial charge in [-0.2, -0.15) is 4.98 Å². The number of nitrogens with one attached hydrogen (secondary N) is 1. The molecule has 0 aliphatic heterocycles. The minimum absolute atomic E-state index is 0.0101. The Morgan fingerprint density at radius 2 is 2.08 bits per heavy atom. The summed E-state index contributed by atoms with van der Waals surface area (Å²) in [6.45, 7) is 1.44. The molecule has 2 rings (SSSR count). The predicted octanol–water partition coefficient (Wildman–Crippen LogP) is 1.99. The number of aliphatic carboxylic acids is 1. The quantitative estimate of drug-likeness (QED) is 0.699. The van der Waals surface area contributed by atoms with Gasteiger partial charge in [-0.1, -0.05) is 33.2 Å². The Bertz CT molecular complexity index is 701. The fraction of sp³-hybridized carbons (Fsp3) is 0.333. The highest BCUT2D eigenvalue weighted by molar-refractivity contribution is 9.10. The molecule has 128 valence electrons. The van der Waals surface area contributed by atoms with Crippen molar-refractivity contribution < 1.29 is 24.0 Å². The number of rotatable bonds is 8. The van der Waals surface area contributed by atoms with Crippen LogP contribution in [0.25, 0.3) is 0 Å². The average molecular weight is 398 g/mol. The summed E-state index contributed by atoms with van der Waals surface area (Å²) in [5.41, 5.74) is 0.696. The highest BCUT2D eigenvalue weighted by Gasteiger charge is 2.18. The molecule has 0 saturated carbocycles. The number of nitrogens with zero attached hydrogens (tertiary/aromatic N) is 2. The Kier molecular flexibility index (Phi) is 6.44. The van der Waals surface area contributed by atoms with E-state index in [0.717, 1.165) is 4.47 Å². The molecule has 1 unspecified atom stereocenters. The van der Waals surface area contributed by atoms with Gasteiger partial charge in [0.1, 0.15) is 13.2 Å². The number of halogens is 1. The number of carbonyl (C=O) groups excluding carboxylic acids is 1. The fourth-order valence-electron chi connectivity index (χ4n) is 1.99. The predicted molar refractivity (Wildman–Crippen MR) is 86.0 cm³/mol. The molecule has 0 spiro atoms. The second-order valence-corrected chi connectivity index (χ2v) is 5.91. The summed E-state index contributed by atoms with van der Waals surface area (Å²) < 4.78 is 10.9. The van der Waals surface area contributed by atoms with Gasteiger partial charge < -0.3 is 19.7 Å². The van der Waals surface area contributed by atoms with E-state index >= 15 is 0 Å². The third-order valence-electron chi connectivity index (χ3n) is 3.01. The Morgan fingerprint density at radius 3 is 2.67 bits per heavy atom. The van der Waals surface area contributed by atoms with E-state index in [4.69, 9.17) is 14.4 Å². The van der Waals surface area contributed by atoms with Gasteiger partial charge in [0.2, 0.25) is 5.91 Å². The summed E-state index contributed by atoms with van der Waals surface area (Å²) in [4.78, 5) is 26.9. The maximum Gasteiger partial charge on any atom is 0.305 e. The molecule has 1 amide bonds. The van der Waals surface area contributed by atoms with Crippen LogP contribution in [-0.2, 0) is 20.9 Å². The van der Waals surface area contributed by atoms with Crippen molar-refractivity contribution in [3.63, 3.8) is 0 Å². The molecule has 0 bridgehead atoms. The Hall–Kier alpha value is -2.26. The van der Waals surface area contributed by atoms with E-state index in [-0.39, 0.29) is 25.5 Å². The van der Waals surface area contributed by atoms with Crippen molar-refractivity contribution in [1.82, 2.24) is 15.5 Å². The summed E-state index contributed by atoms with van der Waals surface area (Å²) in [5.74, 6) is -0.684. The van der Waals surface area contributed by atoms with Gasteiger partial charge in [-0.05, 0) is 24.6 Å². The summed E-state index contributed by atoms with van der Waals surface area (Å²) >= 11 is 3.31. The number of hydrogen-bond donors (Lipinski definition) is 2. The van der Waals surface area contributed by atoms with Crippen LogP contribution in [0.2, 0.25) is 0 Å². The van der Waals surface area contributed by atoms with Crippen molar-refractivity contribution in [3.05, 3.63) is 46.0 Å². The molecule has 9 heteroatoms. The Morgan fingerprint density at radius 1 is 1.38 bits per heavy atom. The molecule has 1 atom stereocenters. The van der Waals surface area contributed by atoms with Gasteiger partial charge in [-0.3, -0.25) is 9.59 Å². The van der Waals surface area contributed by atoms with E-state index in [1.807, 2.05) is 0 Å². The average Bonchev–Trinajstić information content (AvgIpc) is 2.92. The molecule has 0 fully saturated rings. The highest BCUT2D eigenvalue weighted by Crippen LogP contribution is 2.19. The second-order valence-electron chi connectivity index (χ2n) is 5.00. The number of aryl methyl sites for hydroxylation is 1. The zero-order chi connectivity index (χ0) is 17.5. The Balaban J connectivity index is 1.89. The van der Waals surface area contributed by atoms with Crippen LogP contribution in [0, 0.1) is 6.92 Å². The maximum absolute atomic E-state index is 12.0. The topological polar surface area (TPSA) is 115 Å². The van der Waals surface area contributed by atoms with Crippen molar-refractivity contribution in [2.24, 2.45) is 0 Å². The lowest BCUT2D eigenvalue weighted by Gasteiger charge is -2.17. The molecule has 1 aromatic carbocycles. The van der Waals surface area contributed by atoms with Gasteiger partial charge in [-0.25, -0.2) is 0 Å². The van der Waals surface area contributed by atoms with E-state index in [2.05, 4.69) is 31.4 Å². The second kappa shape index (κ2) is 8.55. The van der Waals surface area contributed by atoms with Crippen molar-refractivity contribution >= 4 is 27.8 Å². The number of carbonyl (C=O) groups is 2. The van der Waals surface area contributed by atoms with Crippen molar-refractivity contribution in [2.45, 2.75) is 26.0 Å². The first-order valence-corrected chi connectivity index (χ1v) is 7.87. The van der Waals surface area contributed by atoms with E-state index < -0.39 is 17.9 Å². The van der Waals surface area contributed by atoms with Gasteiger partial charge in [0.25, 0.3) is 5.89 Å². The third-order valence-corrected chi connectivity index (χ3v) is 3.54. The van der Waals surface area contributed by atoms with Crippen LogP contribution in [0.15, 0.2) is 33.3 Å². The van der Waals surface area contributed by atoms with Crippen LogP contribution in [0.5, 0.6) is 0 Å². The molecule has 24 heavy (non-hydrogen) atoms. The van der Waals surface area contributed by atoms with Crippen molar-refractivity contribution in [1.29, 1.82) is 0 Å². The van der Waals surface area contributed by atoms with Crippen LogP contribution < -0.4 is 5.32 Å². The molecule has 2 N–H and O–H groups in total. The first kappa shape index (κ1) is 18.1. The van der Waals surface area contributed by atoms with Gasteiger partial charge in [0, 0.05) is 4.47 Å². The molecule has 0 aliphatic rings. The molecular weight excluding hydrogens is 382 g/mol. The summed E-state index contributed by atoms with van der Waals surface area (Å²) in [7, 11) is 0. The van der Waals surface area contributed by atoms with Gasteiger partial charge in [0.15, 0.2) is 5.82 Å². The van der Waals surface area contributed by atoms with E-state index in [0.29, 0.717) is 11.4 Å². The lowest BCUT2D eigenvalue weighted by molar-refractivity contribution is -0.138. The molecule has 1 heterocycles. The van der Waals surface area contributed by atoms with Gasteiger partial charge in [-0.15, -0.1) is 0 Å². The minimum Gasteiger partial charge on any atom is -0.481 e. The van der Waals surface area contributed by atoms with Gasteiger partial charge >= 0.3 is 5.97 Å². The lowest BCUT2D eigenvalue weighted by atomic mass is 10.0. The number of hydrogen-bond acceptors (Lipinski definition) is 6. The minimum atomic E-state index is -1.01. The first-order chi connectivity index (χ1) is 11.4. The van der Waals surface area contributed by atoms with Crippen LogP contribution >= 0.6 is 15.9 Å². The number of carboxylic acid groups (broad SMARTS) is 1. The monoisotopic (exact) mass is 397 g/mol. The van der Waals surface area contributed by atoms with Crippen molar-refractivity contribution in [2.75, 3.05) is 6.61 Å². The molecule has 0 radical (unpaired) electrons. The third kappa shape index (κ3) is 5.74. The normalized spacial score (nSPS) is 11.9. The smallest absolute Gasteiger partial charge is 0.305 e. The van der Waals surface area contributed by atoms with Crippen LogP contribution in [-0.4, -0.2) is 33.7 Å². The summed E-state index contributed by atoms with van der Waals surface area (Å²) in [5, 5.41) is 15.3. The fourth-order valence-corrected chi connectivity index (χ4v) is 2.25. The molecule has 1 aromatic heterocycles. The zero-order valence-electron chi connectivity index (χ0n) is 12.9. The highest BCUT2D eigenvalue weighted by atomic mass is 79.9. The zero-order valence-corrected chi connectivity index (χ0v) is 14.4. The van der Waals surface area contributed by atoms with E-state index in [1.165, 1.54) is 0 Å².